The predicted octanol–water partition coefficient (Wildman–Crippen LogP) is 4.74. The van der Waals surface area contributed by atoms with Crippen LogP contribution in [-0.2, 0) is 4.74 Å². The van der Waals surface area contributed by atoms with E-state index in [1.807, 2.05) is 42.5 Å². The molecule has 0 spiro atoms. The Morgan fingerprint density at radius 1 is 1.03 bits per heavy atom. The van der Waals surface area contributed by atoms with E-state index in [4.69, 9.17) is 4.74 Å². The summed E-state index contributed by atoms with van der Waals surface area (Å²) < 4.78 is 19.1. The molecule has 144 valence electrons. The third kappa shape index (κ3) is 3.23. The van der Waals surface area contributed by atoms with Crippen LogP contribution in [0.5, 0.6) is 0 Å². The highest BCUT2D eigenvalue weighted by atomic mass is 19.1. The average molecular weight is 386 g/mol. The lowest BCUT2D eigenvalue weighted by Crippen LogP contribution is -2.42. The van der Waals surface area contributed by atoms with Crippen molar-refractivity contribution in [3.63, 3.8) is 0 Å². The van der Waals surface area contributed by atoms with Crippen molar-refractivity contribution in [2.75, 3.05) is 19.7 Å². The number of hydrogen-bond acceptors (Lipinski definition) is 3. The number of halogens is 1. The zero-order valence-corrected chi connectivity index (χ0v) is 15.7. The molecule has 1 fully saturated rings. The summed E-state index contributed by atoms with van der Waals surface area (Å²) in [7, 11) is 0. The van der Waals surface area contributed by atoms with Gasteiger partial charge in [0.1, 0.15) is 11.9 Å². The molecular weight excluding hydrogens is 367 g/mol. The van der Waals surface area contributed by atoms with Crippen LogP contribution in [0.1, 0.15) is 22.0 Å². The quantitative estimate of drug-likeness (QED) is 0.467. The van der Waals surface area contributed by atoms with Crippen molar-refractivity contribution in [3.8, 4) is 0 Å². The minimum Gasteiger partial charge on any atom is -0.370 e. The van der Waals surface area contributed by atoms with E-state index < -0.39 is 0 Å². The number of benzene rings is 3. The van der Waals surface area contributed by atoms with Gasteiger partial charge in [0.05, 0.1) is 24.2 Å². The number of morpholine rings is 1. The normalized spacial score (nSPS) is 17.0. The second-order valence-corrected chi connectivity index (χ2v) is 7.21. The van der Waals surface area contributed by atoms with Gasteiger partial charge in [-0.2, -0.15) is 0 Å². The summed E-state index contributed by atoms with van der Waals surface area (Å²) in [6, 6.07) is 20.1. The van der Waals surface area contributed by atoms with E-state index in [9.17, 15) is 9.18 Å². The van der Waals surface area contributed by atoms with Crippen molar-refractivity contribution in [3.05, 3.63) is 89.9 Å². The highest BCUT2D eigenvalue weighted by Gasteiger charge is 2.27. The van der Waals surface area contributed by atoms with Crippen molar-refractivity contribution in [2.45, 2.75) is 6.10 Å². The van der Waals surface area contributed by atoms with Crippen LogP contribution in [0.25, 0.3) is 21.7 Å². The maximum atomic E-state index is 13.5. The van der Waals surface area contributed by atoms with E-state index in [0.29, 0.717) is 30.8 Å². The van der Waals surface area contributed by atoms with Crippen molar-refractivity contribution in [2.24, 2.45) is 0 Å². The summed E-state index contributed by atoms with van der Waals surface area (Å²) in [5.41, 5.74) is 2.17. The minimum atomic E-state index is -0.286. The highest BCUT2D eigenvalue weighted by Crippen LogP contribution is 2.30. The van der Waals surface area contributed by atoms with Crippen LogP contribution in [0.4, 0.5) is 4.39 Å². The van der Waals surface area contributed by atoms with Gasteiger partial charge in [-0.1, -0.05) is 42.5 Å². The van der Waals surface area contributed by atoms with E-state index in [1.54, 1.807) is 23.2 Å². The van der Waals surface area contributed by atoms with Gasteiger partial charge in [-0.25, -0.2) is 4.39 Å². The molecule has 0 saturated carbocycles. The van der Waals surface area contributed by atoms with Gasteiger partial charge in [-0.15, -0.1) is 0 Å². The number of nitrogens with zero attached hydrogens (tertiary/aromatic N) is 2. The molecule has 0 N–H and O–H groups in total. The summed E-state index contributed by atoms with van der Waals surface area (Å²) >= 11 is 0. The van der Waals surface area contributed by atoms with Crippen molar-refractivity contribution in [1.29, 1.82) is 0 Å². The van der Waals surface area contributed by atoms with Gasteiger partial charge in [0.2, 0.25) is 0 Å². The molecule has 1 unspecified atom stereocenters. The van der Waals surface area contributed by atoms with Crippen LogP contribution >= 0.6 is 0 Å². The minimum absolute atomic E-state index is 0.0603. The van der Waals surface area contributed by atoms with E-state index in [1.165, 1.54) is 12.1 Å². The zero-order chi connectivity index (χ0) is 19.8. The van der Waals surface area contributed by atoms with Crippen molar-refractivity contribution >= 4 is 27.6 Å². The second-order valence-electron chi connectivity index (χ2n) is 7.21. The lowest BCUT2D eigenvalue weighted by molar-refractivity contribution is -0.0227. The first-order chi connectivity index (χ1) is 14.2. The molecule has 1 amide bonds. The number of fused-ring (bicyclic) bond motifs is 3. The van der Waals surface area contributed by atoms with Gasteiger partial charge >= 0.3 is 0 Å². The van der Waals surface area contributed by atoms with Gasteiger partial charge in [0.15, 0.2) is 0 Å². The molecule has 3 aromatic carbocycles. The Morgan fingerprint density at radius 3 is 2.69 bits per heavy atom. The molecule has 1 atom stereocenters. The Morgan fingerprint density at radius 2 is 1.83 bits per heavy atom. The number of pyridine rings is 1. The fourth-order valence-corrected chi connectivity index (χ4v) is 3.98. The maximum Gasteiger partial charge on any atom is 0.256 e. The Kier molecular flexibility index (Phi) is 4.45. The monoisotopic (exact) mass is 386 g/mol. The smallest absolute Gasteiger partial charge is 0.256 e. The Labute approximate surface area is 167 Å². The summed E-state index contributed by atoms with van der Waals surface area (Å²) in [4.78, 5) is 19.8. The predicted molar refractivity (Wildman–Crippen MR) is 110 cm³/mol. The first-order valence-electron chi connectivity index (χ1n) is 9.63. The number of amides is 1. The van der Waals surface area contributed by atoms with Gasteiger partial charge in [0, 0.05) is 18.1 Å². The van der Waals surface area contributed by atoms with Crippen LogP contribution in [0, 0.1) is 5.82 Å². The zero-order valence-electron chi connectivity index (χ0n) is 15.7. The molecule has 1 aromatic heterocycles. The Hall–Kier alpha value is -3.31. The van der Waals surface area contributed by atoms with E-state index in [0.717, 1.165) is 21.7 Å². The molecule has 5 rings (SSSR count). The number of rotatable bonds is 2. The van der Waals surface area contributed by atoms with Gasteiger partial charge in [-0.3, -0.25) is 9.78 Å². The van der Waals surface area contributed by atoms with Gasteiger partial charge in [-0.05, 0) is 40.6 Å². The molecule has 2 heterocycles. The molecule has 0 bridgehead atoms. The second kappa shape index (κ2) is 7.26. The first-order valence-corrected chi connectivity index (χ1v) is 9.63. The van der Waals surface area contributed by atoms with Crippen LogP contribution in [0.3, 0.4) is 0 Å². The van der Waals surface area contributed by atoms with E-state index in [-0.39, 0.29) is 17.8 Å². The molecule has 0 radical (unpaired) electrons. The number of aromatic nitrogens is 1. The van der Waals surface area contributed by atoms with Gasteiger partial charge in [0.25, 0.3) is 5.91 Å². The van der Waals surface area contributed by atoms with Crippen LogP contribution in [0.2, 0.25) is 0 Å². The third-order valence-electron chi connectivity index (χ3n) is 5.44. The summed E-state index contributed by atoms with van der Waals surface area (Å²) in [6.45, 7) is 1.37. The number of hydrogen-bond donors (Lipinski definition) is 0. The summed E-state index contributed by atoms with van der Waals surface area (Å²) in [6.07, 6.45) is 1.45. The van der Waals surface area contributed by atoms with Crippen molar-refractivity contribution in [1.82, 2.24) is 9.88 Å². The standard InChI is InChI=1S/C24H19FN2O2/c25-18-9-7-16(8-10-18)22-15-27(12-13-29-22)24(28)21-14-17-4-1-2-5-19(17)20-6-3-11-26-23(20)21/h1-11,14,22H,12-13,15H2. The van der Waals surface area contributed by atoms with Crippen LogP contribution in [0.15, 0.2) is 72.9 Å². The molecule has 4 aromatic rings. The average Bonchev–Trinajstić information content (AvgIpc) is 2.78. The largest absolute Gasteiger partial charge is 0.370 e. The molecule has 1 aliphatic rings. The number of carbonyl (C=O) groups is 1. The Bertz CT molecular complexity index is 1210. The fourth-order valence-electron chi connectivity index (χ4n) is 3.98. The molecule has 0 aliphatic carbocycles. The molecule has 1 saturated heterocycles. The van der Waals surface area contributed by atoms with E-state index >= 15 is 0 Å². The molecule has 4 nitrogen and oxygen atoms in total. The van der Waals surface area contributed by atoms with Crippen LogP contribution in [-0.4, -0.2) is 35.5 Å². The molecule has 29 heavy (non-hydrogen) atoms. The summed E-state index contributed by atoms with van der Waals surface area (Å²) in [5.74, 6) is -0.346. The number of carbonyl (C=O) groups excluding carboxylic acids is 1. The van der Waals surface area contributed by atoms with Gasteiger partial charge < -0.3 is 9.64 Å². The third-order valence-corrected chi connectivity index (χ3v) is 5.44. The summed E-state index contributed by atoms with van der Waals surface area (Å²) in [5, 5.41) is 3.07. The highest BCUT2D eigenvalue weighted by molar-refractivity contribution is 6.15. The van der Waals surface area contributed by atoms with Crippen molar-refractivity contribution < 1.29 is 13.9 Å². The SMILES string of the molecule is O=C(c1cc2ccccc2c2cccnc12)N1CCOC(c2ccc(F)cc2)C1. The first kappa shape index (κ1) is 17.8. The topological polar surface area (TPSA) is 42.4 Å². The van der Waals surface area contributed by atoms with Crippen LogP contribution < -0.4 is 0 Å². The molecular formula is C24H19FN2O2. The molecule has 1 aliphatic heterocycles. The number of ether oxygens (including phenoxy) is 1. The maximum absolute atomic E-state index is 13.5. The molecule has 5 heteroatoms. The Balaban J connectivity index is 1.52. The lowest BCUT2D eigenvalue weighted by atomic mass is 9.99. The fraction of sp³-hybridized carbons (Fsp3) is 0.167. The lowest BCUT2D eigenvalue weighted by Gasteiger charge is -2.33. The van der Waals surface area contributed by atoms with E-state index in [2.05, 4.69) is 4.98 Å².